The predicted molar refractivity (Wildman–Crippen MR) is 94.2 cm³/mol. The second kappa shape index (κ2) is 8.00. The van der Waals surface area contributed by atoms with Crippen LogP contribution in [-0.2, 0) is 7.05 Å². The fourth-order valence-electron chi connectivity index (χ4n) is 3.07. The fourth-order valence-corrected chi connectivity index (χ4v) is 3.07. The van der Waals surface area contributed by atoms with E-state index in [4.69, 9.17) is 4.74 Å². The van der Waals surface area contributed by atoms with Crippen molar-refractivity contribution in [3.8, 4) is 5.75 Å². The SMILES string of the molecule is CCC(NC(=O)N1CCC(Oc2cccnc2)CC1)c1cnn(C)c1. The van der Waals surface area contributed by atoms with Crippen molar-refractivity contribution in [3.63, 3.8) is 0 Å². The van der Waals surface area contributed by atoms with Gasteiger partial charge < -0.3 is 15.0 Å². The van der Waals surface area contributed by atoms with Gasteiger partial charge in [-0.2, -0.15) is 5.10 Å². The summed E-state index contributed by atoms with van der Waals surface area (Å²) in [5.74, 6) is 0.785. The minimum absolute atomic E-state index is 0.00873. The molecule has 1 N–H and O–H groups in total. The number of aryl methyl sites for hydroxylation is 1. The van der Waals surface area contributed by atoms with Crippen molar-refractivity contribution in [1.29, 1.82) is 0 Å². The fraction of sp³-hybridized carbons (Fsp3) is 0.500. The van der Waals surface area contributed by atoms with Crippen LogP contribution in [0, 0.1) is 0 Å². The number of aromatic nitrogens is 3. The lowest BCUT2D eigenvalue weighted by Gasteiger charge is -2.33. The van der Waals surface area contributed by atoms with E-state index in [2.05, 4.69) is 22.3 Å². The average Bonchev–Trinajstić information content (AvgIpc) is 3.07. The van der Waals surface area contributed by atoms with Gasteiger partial charge in [0.05, 0.1) is 18.4 Å². The summed E-state index contributed by atoms with van der Waals surface area (Å²) in [5.41, 5.74) is 1.04. The molecule has 2 aromatic heterocycles. The molecule has 0 aliphatic carbocycles. The van der Waals surface area contributed by atoms with Crippen LogP contribution in [0.2, 0.25) is 0 Å². The first kappa shape index (κ1) is 17.3. The number of hydrogen-bond acceptors (Lipinski definition) is 4. The van der Waals surface area contributed by atoms with Gasteiger partial charge in [-0.25, -0.2) is 4.79 Å². The minimum atomic E-state index is -0.0180. The lowest BCUT2D eigenvalue weighted by molar-refractivity contribution is 0.109. The molecule has 3 rings (SSSR count). The zero-order valence-corrected chi connectivity index (χ0v) is 14.8. The van der Waals surface area contributed by atoms with Gasteiger partial charge in [-0.15, -0.1) is 0 Å². The Bertz CT molecular complexity index is 680. The van der Waals surface area contributed by atoms with E-state index in [1.54, 1.807) is 17.1 Å². The number of carbonyl (C=O) groups is 1. The number of amides is 2. The third kappa shape index (κ3) is 4.49. The summed E-state index contributed by atoms with van der Waals surface area (Å²) < 4.78 is 7.68. The molecule has 1 saturated heterocycles. The zero-order valence-electron chi connectivity index (χ0n) is 14.8. The summed E-state index contributed by atoms with van der Waals surface area (Å²) in [6.45, 7) is 3.45. The topological polar surface area (TPSA) is 72.3 Å². The van der Waals surface area contributed by atoms with Crippen molar-refractivity contribution >= 4 is 6.03 Å². The number of rotatable bonds is 5. The second-order valence-electron chi connectivity index (χ2n) is 6.35. The summed E-state index contributed by atoms with van der Waals surface area (Å²) in [5, 5.41) is 7.30. The first-order chi connectivity index (χ1) is 12.2. The Morgan fingerprint density at radius 3 is 2.80 bits per heavy atom. The normalized spacial score (nSPS) is 16.5. The Hall–Kier alpha value is -2.57. The van der Waals surface area contributed by atoms with Crippen LogP contribution in [0.15, 0.2) is 36.9 Å². The third-order valence-electron chi connectivity index (χ3n) is 4.50. The molecule has 0 spiro atoms. The summed E-state index contributed by atoms with van der Waals surface area (Å²) in [6, 6.07) is 3.74. The molecular weight excluding hydrogens is 318 g/mol. The van der Waals surface area contributed by atoms with Gasteiger partial charge in [-0.3, -0.25) is 9.67 Å². The molecule has 0 bridgehead atoms. The number of urea groups is 1. The predicted octanol–water partition coefficient (Wildman–Crippen LogP) is 2.52. The minimum Gasteiger partial charge on any atom is -0.489 e. The number of pyridine rings is 1. The molecule has 0 radical (unpaired) electrons. The number of ether oxygens (including phenoxy) is 1. The number of nitrogens with zero attached hydrogens (tertiary/aromatic N) is 4. The number of hydrogen-bond donors (Lipinski definition) is 1. The quantitative estimate of drug-likeness (QED) is 0.905. The molecule has 1 aliphatic heterocycles. The van der Waals surface area contributed by atoms with Crippen LogP contribution in [0.25, 0.3) is 0 Å². The van der Waals surface area contributed by atoms with E-state index in [0.717, 1.165) is 30.6 Å². The van der Waals surface area contributed by atoms with E-state index in [1.807, 2.05) is 36.5 Å². The first-order valence-corrected chi connectivity index (χ1v) is 8.76. The Kier molecular flexibility index (Phi) is 5.53. The highest BCUT2D eigenvalue weighted by atomic mass is 16.5. The van der Waals surface area contributed by atoms with Gasteiger partial charge in [0.25, 0.3) is 0 Å². The monoisotopic (exact) mass is 343 g/mol. The largest absolute Gasteiger partial charge is 0.489 e. The van der Waals surface area contributed by atoms with Crippen molar-refractivity contribution in [1.82, 2.24) is 25.0 Å². The van der Waals surface area contributed by atoms with Crippen LogP contribution in [0.3, 0.4) is 0 Å². The summed E-state index contributed by atoms with van der Waals surface area (Å²) in [4.78, 5) is 18.5. The molecule has 1 atom stereocenters. The molecule has 134 valence electrons. The molecule has 1 fully saturated rings. The average molecular weight is 343 g/mol. The van der Waals surface area contributed by atoms with Gasteiger partial charge in [0, 0.05) is 50.9 Å². The summed E-state index contributed by atoms with van der Waals surface area (Å²) >= 11 is 0. The van der Waals surface area contributed by atoms with E-state index >= 15 is 0 Å². The number of likely N-dealkylation sites (tertiary alicyclic amines) is 1. The molecule has 1 unspecified atom stereocenters. The van der Waals surface area contributed by atoms with Crippen LogP contribution < -0.4 is 10.1 Å². The third-order valence-corrected chi connectivity index (χ3v) is 4.50. The van der Waals surface area contributed by atoms with Gasteiger partial charge in [0.2, 0.25) is 0 Å². The zero-order chi connectivity index (χ0) is 17.6. The van der Waals surface area contributed by atoms with Gasteiger partial charge in [-0.1, -0.05) is 6.92 Å². The van der Waals surface area contributed by atoms with Crippen LogP contribution >= 0.6 is 0 Å². The van der Waals surface area contributed by atoms with E-state index < -0.39 is 0 Å². The number of carbonyl (C=O) groups excluding carboxylic acids is 1. The van der Waals surface area contributed by atoms with E-state index in [1.165, 1.54) is 0 Å². The van der Waals surface area contributed by atoms with Crippen molar-refractivity contribution < 1.29 is 9.53 Å². The second-order valence-corrected chi connectivity index (χ2v) is 6.35. The van der Waals surface area contributed by atoms with Crippen LogP contribution in [-0.4, -0.2) is 44.9 Å². The highest BCUT2D eigenvalue weighted by Gasteiger charge is 2.25. The summed E-state index contributed by atoms with van der Waals surface area (Å²) in [7, 11) is 1.88. The highest BCUT2D eigenvalue weighted by Crippen LogP contribution is 2.20. The molecular formula is C18H25N5O2. The summed E-state index contributed by atoms with van der Waals surface area (Å²) in [6.07, 6.45) is 9.82. The Morgan fingerprint density at radius 1 is 1.40 bits per heavy atom. The lowest BCUT2D eigenvalue weighted by atomic mass is 10.1. The van der Waals surface area contributed by atoms with Crippen LogP contribution in [0.5, 0.6) is 5.75 Å². The van der Waals surface area contributed by atoms with Crippen molar-refractivity contribution in [2.75, 3.05) is 13.1 Å². The molecule has 0 saturated carbocycles. The number of piperidine rings is 1. The van der Waals surface area contributed by atoms with E-state index in [9.17, 15) is 4.79 Å². The smallest absolute Gasteiger partial charge is 0.317 e. The van der Waals surface area contributed by atoms with Gasteiger partial charge in [0.1, 0.15) is 11.9 Å². The Labute approximate surface area is 148 Å². The maximum absolute atomic E-state index is 12.5. The standard InChI is InChI=1S/C18H25N5O2/c1-3-17(14-11-20-22(2)13-14)21-18(24)23-9-6-15(7-10-23)25-16-5-4-8-19-12-16/h4-5,8,11-13,15,17H,3,6-7,9-10H2,1-2H3,(H,21,24). The van der Waals surface area contributed by atoms with Crippen molar-refractivity contribution in [2.45, 2.75) is 38.3 Å². The maximum Gasteiger partial charge on any atom is 0.317 e. The van der Waals surface area contributed by atoms with Gasteiger partial charge in [-0.05, 0) is 18.6 Å². The molecule has 2 aromatic rings. The van der Waals surface area contributed by atoms with Crippen LogP contribution in [0.1, 0.15) is 37.8 Å². The van der Waals surface area contributed by atoms with Gasteiger partial charge >= 0.3 is 6.03 Å². The van der Waals surface area contributed by atoms with E-state index in [0.29, 0.717) is 13.1 Å². The van der Waals surface area contributed by atoms with Crippen LogP contribution in [0.4, 0.5) is 4.79 Å². The van der Waals surface area contributed by atoms with Gasteiger partial charge in [0.15, 0.2) is 0 Å². The van der Waals surface area contributed by atoms with E-state index in [-0.39, 0.29) is 18.2 Å². The molecule has 0 aromatic carbocycles. The first-order valence-electron chi connectivity index (χ1n) is 8.76. The highest BCUT2D eigenvalue weighted by molar-refractivity contribution is 5.74. The Balaban J connectivity index is 1.49. The maximum atomic E-state index is 12.5. The molecule has 7 heteroatoms. The molecule has 25 heavy (non-hydrogen) atoms. The van der Waals surface area contributed by atoms with Crippen molar-refractivity contribution in [3.05, 3.63) is 42.5 Å². The number of nitrogens with one attached hydrogen (secondary N) is 1. The van der Waals surface area contributed by atoms with Crippen molar-refractivity contribution in [2.24, 2.45) is 7.05 Å². The molecule has 2 amide bonds. The molecule has 1 aliphatic rings. The Morgan fingerprint density at radius 2 is 2.20 bits per heavy atom. The molecule has 3 heterocycles. The molecule has 7 nitrogen and oxygen atoms in total. The lowest BCUT2D eigenvalue weighted by Crippen LogP contribution is -2.47.